The number of aliphatic hydroxyl groups excluding tert-OH is 1. The van der Waals surface area contributed by atoms with Crippen molar-refractivity contribution < 1.29 is 9.90 Å². The highest BCUT2D eigenvalue weighted by Crippen LogP contribution is 2.27. The van der Waals surface area contributed by atoms with Gasteiger partial charge in [-0.05, 0) is 36.6 Å². The van der Waals surface area contributed by atoms with Crippen molar-refractivity contribution in [3.63, 3.8) is 0 Å². The first-order chi connectivity index (χ1) is 13.0. The smallest absolute Gasteiger partial charge is 0.283 e. The molecule has 0 atom stereocenters. The van der Waals surface area contributed by atoms with Crippen molar-refractivity contribution in [3.05, 3.63) is 45.5 Å². The Labute approximate surface area is 158 Å². The van der Waals surface area contributed by atoms with E-state index in [0.717, 1.165) is 31.1 Å². The number of ketones is 1. The first-order valence-electron chi connectivity index (χ1n) is 8.82. The van der Waals surface area contributed by atoms with Crippen LogP contribution in [0.5, 0.6) is 0 Å². The SMILES string of the molecule is Nc1c(C=C2C=CC(=O)C(O)=C2)c(=O)nc2sc(N3CCCCCC3)nn12. The standard InChI is InChI=1S/C18H19N5O3S/c19-15-12(9-11-5-6-13(24)14(25)10-11)16(26)20-17-23(15)21-18(27-17)22-7-3-1-2-4-8-22/h5-6,9-10,25H,1-4,7-8,19H2. The summed E-state index contributed by atoms with van der Waals surface area (Å²) >= 11 is 1.35. The van der Waals surface area contributed by atoms with Crippen LogP contribution in [-0.4, -0.2) is 38.6 Å². The number of anilines is 2. The van der Waals surface area contributed by atoms with Gasteiger partial charge in [0, 0.05) is 13.1 Å². The van der Waals surface area contributed by atoms with E-state index in [1.165, 1.54) is 53.0 Å². The van der Waals surface area contributed by atoms with E-state index in [0.29, 0.717) is 10.5 Å². The number of fused-ring (bicyclic) bond motifs is 1. The van der Waals surface area contributed by atoms with Crippen LogP contribution in [0.25, 0.3) is 11.0 Å². The molecule has 1 aliphatic carbocycles. The van der Waals surface area contributed by atoms with Crippen LogP contribution < -0.4 is 16.2 Å². The second-order valence-electron chi connectivity index (χ2n) is 6.57. The van der Waals surface area contributed by atoms with E-state index in [2.05, 4.69) is 15.0 Å². The molecule has 2 aromatic rings. The zero-order chi connectivity index (χ0) is 19.0. The summed E-state index contributed by atoms with van der Waals surface area (Å²) in [5, 5.41) is 15.0. The highest BCUT2D eigenvalue weighted by atomic mass is 32.1. The van der Waals surface area contributed by atoms with Crippen LogP contribution in [0, 0.1) is 0 Å². The molecule has 2 aromatic heterocycles. The van der Waals surface area contributed by atoms with Crippen molar-refractivity contribution in [2.45, 2.75) is 25.7 Å². The van der Waals surface area contributed by atoms with Gasteiger partial charge in [-0.25, -0.2) is 0 Å². The molecule has 0 amide bonds. The Morgan fingerprint density at radius 3 is 2.59 bits per heavy atom. The third-order valence-corrected chi connectivity index (χ3v) is 5.62. The highest BCUT2D eigenvalue weighted by Gasteiger charge is 2.19. The van der Waals surface area contributed by atoms with Gasteiger partial charge in [-0.2, -0.15) is 9.50 Å². The fourth-order valence-electron chi connectivity index (χ4n) is 3.19. The number of allylic oxidation sites excluding steroid dienone is 4. The molecule has 0 aromatic carbocycles. The zero-order valence-electron chi connectivity index (χ0n) is 14.6. The summed E-state index contributed by atoms with van der Waals surface area (Å²) in [4.78, 5) is 30.6. The lowest BCUT2D eigenvalue weighted by Crippen LogP contribution is -2.24. The molecule has 1 aliphatic heterocycles. The van der Waals surface area contributed by atoms with Crippen LogP contribution in [0.1, 0.15) is 31.2 Å². The highest BCUT2D eigenvalue weighted by molar-refractivity contribution is 7.20. The van der Waals surface area contributed by atoms with Crippen LogP contribution in [0.2, 0.25) is 0 Å². The number of aromatic nitrogens is 3. The van der Waals surface area contributed by atoms with E-state index in [4.69, 9.17) is 5.73 Å². The first kappa shape index (κ1) is 17.5. The molecule has 27 heavy (non-hydrogen) atoms. The molecule has 0 unspecified atom stereocenters. The fraction of sp³-hybridized carbons (Fsp3) is 0.333. The fourth-order valence-corrected chi connectivity index (χ4v) is 4.14. The second-order valence-corrected chi connectivity index (χ2v) is 7.50. The maximum atomic E-state index is 12.5. The molecule has 2 aliphatic rings. The van der Waals surface area contributed by atoms with Crippen molar-refractivity contribution in [1.82, 2.24) is 14.6 Å². The third-order valence-electron chi connectivity index (χ3n) is 4.65. The van der Waals surface area contributed by atoms with E-state index < -0.39 is 11.3 Å². The number of nitrogens with two attached hydrogens (primary N) is 1. The van der Waals surface area contributed by atoms with E-state index in [9.17, 15) is 14.7 Å². The monoisotopic (exact) mass is 385 g/mol. The molecule has 140 valence electrons. The van der Waals surface area contributed by atoms with Gasteiger partial charge in [0.05, 0.1) is 5.56 Å². The number of nitrogen functional groups attached to an aromatic ring is 1. The predicted molar refractivity (Wildman–Crippen MR) is 105 cm³/mol. The largest absolute Gasteiger partial charge is 0.504 e. The molecule has 0 bridgehead atoms. The number of rotatable bonds is 2. The number of nitrogens with zero attached hydrogens (tertiary/aromatic N) is 4. The minimum Gasteiger partial charge on any atom is -0.504 e. The average molecular weight is 385 g/mol. The topological polar surface area (TPSA) is 114 Å². The second kappa shape index (κ2) is 6.99. The predicted octanol–water partition coefficient (Wildman–Crippen LogP) is 2.08. The minimum absolute atomic E-state index is 0.179. The van der Waals surface area contributed by atoms with Crippen molar-refractivity contribution in [2.24, 2.45) is 0 Å². The van der Waals surface area contributed by atoms with Crippen LogP contribution in [0.3, 0.4) is 0 Å². The summed E-state index contributed by atoms with van der Waals surface area (Å²) in [6.07, 6.45) is 10.2. The average Bonchev–Trinajstić information content (AvgIpc) is 2.88. The Morgan fingerprint density at radius 1 is 1.15 bits per heavy atom. The lowest BCUT2D eigenvalue weighted by atomic mass is 10.1. The molecule has 4 rings (SSSR count). The molecule has 3 N–H and O–H groups in total. The van der Waals surface area contributed by atoms with Gasteiger partial charge < -0.3 is 15.7 Å². The van der Waals surface area contributed by atoms with Gasteiger partial charge in [-0.15, -0.1) is 5.10 Å². The van der Waals surface area contributed by atoms with Crippen molar-refractivity contribution in [1.29, 1.82) is 0 Å². The van der Waals surface area contributed by atoms with Gasteiger partial charge in [0.1, 0.15) is 5.82 Å². The van der Waals surface area contributed by atoms with Crippen LogP contribution in [0.4, 0.5) is 10.9 Å². The molecule has 3 heterocycles. The summed E-state index contributed by atoms with van der Waals surface area (Å²) < 4.78 is 1.49. The van der Waals surface area contributed by atoms with Gasteiger partial charge in [-0.3, -0.25) is 9.59 Å². The molecule has 1 saturated heterocycles. The summed E-state index contributed by atoms with van der Waals surface area (Å²) in [5.41, 5.74) is 6.40. The van der Waals surface area contributed by atoms with Crippen LogP contribution in [0.15, 0.2) is 34.4 Å². The number of hydrogen-bond acceptors (Lipinski definition) is 8. The first-order valence-corrected chi connectivity index (χ1v) is 9.63. The summed E-state index contributed by atoms with van der Waals surface area (Å²) in [6, 6.07) is 0. The van der Waals surface area contributed by atoms with Gasteiger partial charge in [0.25, 0.3) is 5.56 Å². The van der Waals surface area contributed by atoms with Gasteiger partial charge >= 0.3 is 0 Å². The van der Waals surface area contributed by atoms with Crippen molar-refractivity contribution in [2.75, 3.05) is 23.7 Å². The Balaban J connectivity index is 1.76. The summed E-state index contributed by atoms with van der Waals surface area (Å²) in [7, 11) is 0. The van der Waals surface area contributed by atoms with Gasteiger partial charge in [0.15, 0.2) is 5.76 Å². The van der Waals surface area contributed by atoms with E-state index in [-0.39, 0.29) is 17.1 Å². The molecule has 0 spiro atoms. The molecular weight excluding hydrogens is 366 g/mol. The zero-order valence-corrected chi connectivity index (χ0v) is 15.4. The molecular formula is C18H19N5O3S. The molecule has 8 nitrogen and oxygen atoms in total. The Hall–Kier alpha value is -2.94. The van der Waals surface area contributed by atoms with Gasteiger partial charge in [-0.1, -0.05) is 30.3 Å². The Bertz CT molecular complexity index is 1050. The third kappa shape index (κ3) is 3.37. The Morgan fingerprint density at radius 2 is 1.89 bits per heavy atom. The summed E-state index contributed by atoms with van der Waals surface area (Å²) in [6.45, 7) is 1.87. The summed E-state index contributed by atoms with van der Waals surface area (Å²) in [5.74, 6) is -0.673. The molecule has 0 radical (unpaired) electrons. The molecule has 0 saturated carbocycles. The number of hydrogen-bond donors (Lipinski definition) is 2. The minimum atomic E-state index is -0.480. The lowest BCUT2D eigenvalue weighted by Gasteiger charge is -2.17. The lowest BCUT2D eigenvalue weighted by molar-refractivity contribution is -0.113. The van der Waals surface area contributed by atoms with Crippen LogP contribution in [-0.2, 0) is 4.79 Å². The quantitative estimate of drug-likeness (QED) is 0.813. The van der Waals surface area contributed by atoms with Crippen molar-refractivity contribution >= 4 is 39.1 Å². The molecule has 9 heteroatoms. The van der Waals surface area contributed by atoms with Crippen molar-refractivity contribution in [3.8, 4) is 0 Å². The van der Waals surface area contributed by atoms with E-state index in [1.54, 1.807) is 0 Å². The number of carbonyl (C=O) groups is 1. The Kier molecular flexibility index (Phi) is 4.53. The normalized spacial score (nSPS) is 19.6. The van der Waals surface area contributed by atoms with E-state index >= 15 is 0 Å². The van der Waals surface area contributed by atoms with E-state index in [1.807, 2.05) is 0 Å². The molecule has 1 fully saturated rings. The number of aliphatic hydroxyl groups is 1. The van der Waals surface area contributed by atoms with Crippen LogP contribution >= 0.6 is 11.3 Å². The maximum absolute atomic E-state index is 12.5. The number of carbonyl (C=O) groups excluding carboxylic acids is 1. The maximum Gasteiger partial charge on any atom is 0.283 e. The van der Waals surface area contributed by atoms with Gasteiger partial charge in [0.2, 0.25) is 15.9 Å².